The van der Waals surface area contributed by atoms with Gasteiger partial charge in [-0.05, 0) is 54.9 Å². The summed E-state index contributed by atoms with van der Waals surface area (Å²) in [5.74, 6) is 1.72. The van der Waals surface area contributed by atoms with E-state index in [1.165, 1.54) is 18.6 Å². The topological polar surface area (TPSA) is 47.6 Å². The van der Waals surface area contributed by atoms with Crippen LogP contribution in [0, 0.1) is 23.6 Å². The van der Waals surface area contributed by atoms with Crippen molar-refractivity contribution in [1.29, 1.82) is 0 Å². The minimum Gasteiger partial charge on any atom is -0.371 e. The zero-order valence-corrected chi connectivity index (χ0v) is 16.6. The summed E-state index contributed by atoms with van der Waals surface area (Å²) in [7, 11) is 0. The minimum atomic E-state index is -0.207. The number of carbonyl (C=O) groups is 1. The molecule has 27 heavy (non-hydrogen) atoms. The van der Waals surface area contributed by atoms with Gasteiger partial charge in [0.05, 0.1) is 0 Å². The number of nitrogens with one attached hydrogen (secondary N) is 2. The Hall–Kier alpha value is -1.82. The Kier molecular flexibility index (Phi) is 6.94. The molecule has 0 radical (unpaired) electrons. The van der Waals surface area contributed by atoms with Gasteiger partial charge in [0.15, 0.2) is 0 Å². The van der Waals surface area contributed by atoms with E-state index in [1.807, 2.05) is 12.1 Å². The van der Waals surface area contributed by atoms with Crippen LogP contribution in [0.25, 0.3) is 0 Å². The molecule has 0 bridgehead atoms. The number of likely N-dealkylation sites (tertiary alicyclic amines) is 1. The second-order valence-corrected chi connectivity index (χ2v) is 8.42. The Balaban J connectivity index is 1.31. The van der Waals surface area contributed by atoms with E-state index in [-0.39, 0.29) is 11.8 Å². The maximum atomic E-state index is 13.0. The van der Waals surface area contributed by atoms with Crippen molar-refractivity contribution < 1.29 is 9.18 Å². The first-order chi connectivity index (χ1) is 13.0. The van der Waals surface area contributed by atoms with Crippen molar-refractivity contribution >= 4 is 11.7 Å². The summed E-state index contributed by atoms with van der Waals surface area (Å²) in [6, 6.07) is 6.56. The fourth-order valence-electron chi connectivity index (χ4n) is 4.49. The van der Waals surface area contributed by atoms with Crippen LogP contribution >= 0.6 is 0 Å². The Morgan fingerprint density at radius 2 is 1.81 bits per heavy atom. The lowest BCUT2D eigenvalue weighted by molar-refractivity contribution is 0.142. The number of urea groups is 1. The molecule has 2 heterocycles. The standard InChI is InChI=1S/C21H33FN4O/c1-16-11-17(2)14-25(13-16)10-8-23-21(27)24-12-18-7-9-26(15-18)20-5-3-19(22)4-6-20/h3-6,16-18H,7-15H2,1-2H3,(H2,23,24,27)/t16-,17-,18-/m1/s1. The molecule has 6 heteroatoms. The Bertz CT molecular complexity index is 599. The van der Waals surface area contributed by atoms with Gasteiger partial charge in [0.25, 0.3) is 0 Å². The van der Waals surface area contributed by atoms with Gasteiger partial charge in [-0.15, -0.1) is 0 Å². The van der Waals surface area contributed by atoms with Gasteiger partial charge in [-0.3, -0.25) is 0 Å². The molecule has 2 aliphatic heterocycles. The van der Waals surface area contributed by atoms with Gasteiger partial charge in [-0.1, -0.05) is 13.8 Å². The summed E-state index contributed by atoms with van der Waals surface area (Å²) in [4.78, 5) is 16.8. The van der Waals surface area contributed by atoms with E-state index in [0.717, 1.165) is 56.7 Å². The number of nitrogens with zero attached hydrogens (tertiary/aromatic N) is 2. The fraction of sp³-hybridized carbons (Fsp3) is 0.667. The third-order valence-electron chi connectivity index (χ3n) is 5.69. The number of hydrogen-bond acceptors (Lipinski definition) is 3. The highest BCUT2D eigenvalue weighted by atomic mass is 19.1. The number of halogens is 1. The van der Waals surface area contributed by atoms with Crippen LogP contribution in [0.5, 0.6) is 0 Å². The van der Waals surface area contributed by atoms with E-state index in [2.05, 4.69) is 34.3 Å². The second-order valence-electron chi connectivity index (χ2n) is 8.42. The molecule has 1 aromatic carbocycles. The van der Waals surface area contributed by atoms with Gasteiger partial charge >= 0.3 is 6.03 Å². The molecule has 0 spiro atoms. The zero-order valence-electron chi connectivity index (χ0n) is 16.6. The molecule has 1 aromatic rings. The summed E-state index contributed by atoms with van der Waals surface area (Å²) >= 11 is 0. The summed E-state index contributed by atoms with van der Waals surface area (Å²) in [5.41, 5.74) is 1.05. The third kappa shape index (κ3) is 6.09. The Morgan fingerprint density at radius 3 is 2.52 bits per heavy atom. The van der Waals surface area contributed by atoms with Gasteiger partial charge in [0, 0.05) is 51.5 Å². The van der Waals surface area contributed by atoms with Crippen molar-refractivity contribution in [3.05, 3.63) is 30.1 Å². The number of hydrogen-bond donors (Lipinski definition) is 2. The minimum absolute atomic E-state index is 0.0756. The maximum absolute atomic E-state index is 13.0. The van der Waals surface area contributed by atoms with Crippen LogP contribution in [0.4, 0.5) is 14.9 Å². The Morgan fingerprint density at radius 1 is 1.11 bits per heavy atom. The third-order valence-corrected chi connectivity index (χ3v) is 5.69. The molecule has 0 aliphatic carbocycles. The first-order valence-electron chi connectivity index (χ1n) is 10.2. The van der Waals surface area contributed by atoms with Crippen LogP contribution in [-0.4, -0.2) is 56.7 Å². The molecule has 5 nitrogen and oxygen atoms in total. The van der Waals surface area contributed by atoms with Gasteiger partial charge in [0.2, 0.25) is 0 Å². The molecule has 0 saturated carbocycles. The SMILES string of the molecule is C[C@@H]1C[C@@H](C)CN(CCNC(=O)NC[C@H]2CCN(c3ccc(F)cc3)C2)C1. The van der Waals surface area contributed by atoms with Crippen molar-refractivity contribution in [2.45, 2.75) is 26.7 Å². The molecule has 0 aromatic heterocycles. The molecule has 3 rings (SSSR count). The van der Waals surface area contributed by atoms with Crippen molar-refractivity contribution in [3.63, 3.8) is 0 Å². The van der Waals surface area contributed by atoms with Crippen LogP contribution in [-0.2, 0) is 0 Å². The lowest BCUT2D eigenvalue weighted by Crippen LogP contribution is -2.45. The number of anilines is 1. The summed E-state index contributed by atoms with van der Waals surface area (Å²) in [5, 5.41) is 5.99. The summed E-state index contributed by atoms with van der Waals surface area (Å²) in [6.45, 7) is 11.0. The van der Waals surface area contributed by atoms with Crippen molar-refractivity contribution in [2.75, 3.05) is 50.7 Å². The normalized spacial score (nSPS) is 26.2. The van der Waals surface area contributed by atoms with E-state index in [4.69, 9.17) is 0 Å². The number of amides is 2. The molecule has 2 aliphatic rings. The molecular weight excluding hydrogens is 343 g/mol. The highest BCUT2D eigenvalue weighted by molar-refractivity contribution is 5.73. The fourth-order valence-corrected chi connectivity index (χ4v) is 4.49. The number of carbonyl (C=O) groups excluding carboxylic acids is 1. The number of benzene rings is 1. The summed E-state index contributed by atoms with van der Waals surface area (Å²) < 4.78 is 13.0. The highest BCUT2D eigenvalue weighted by Gasteiger charge is 2.23. The molecule has 2 N–H and O–H groups in total. The van der Waals surface area contributed by atoms with E-state index in [9.17, 15) is 9.18 Å². The maximum Gasteiger partial charge on any atom is 0.314 e. The van der Waals surface area contributed by atoms with E-state index in [1.54, 1.807) is 0 Å². The first-order valence-corrected chi connectivity index (χ1v) is 10.2. The predicted molar refractivity (Wildman–Crippen MR) is 108 cm³/mol. The quantitative estimate of drug-likeness (QED) is 0.803. The van der Waals surface area contributed by atoms with Crippen LogP contribution in [0.1, 0.15) is 26.7 Å². The lowest BCUT2D eigenvalue weighted by Gasteiger charge is -2.34. The Labute approximate surface area is 162 Å². The lowest BCUT2D eigenvalue weighted by atomic mass is 9.92. The monoisotopic (exact) mass is 376 g/mol. The summed E-state index contributed by atoms with van der Waals surface area (Å²) in [6.07, 6.45) is 2.35. The van der Waals surface area contributed by atoms with Crippen molar-refractivity contribution in [2.24, 2.45) is 17.8 Å². The first kappa shape index (κ1) is 19.9. The average molecular weight is 377 g/mol. The highest BCUT2D eigenvalue weighted by Crippen LogP contribution is 2.23. The van der Waals surface area contributed by atoms with Crippen LogP contribution in [0.2, 0.25) is 0 Å². The second kappa shape index (κ2) is 9.40. The smallest absolute Gasteiger partial charge is 0.314 e. The van der Waals surface area contributed by atoms with E-state index in [0.29, 0.717) is 19.0 Å². The molecule has 3 atom stereocenters. The molecule has 2 fully saturated rings. The predicted octanol–water partition coefficient (Wildman–Crippen LogP) is 2.93. The van der Waals surface area contributed by atoms with Gasteiger partial charge in [-0.25, -0.2) is 9.18 Å². The van der Waals surface area contributed by atoms with Gasteiger partial charge < -0.3 is 20.4 Å². The average Bonchev–Trinajstić information content (AvgIpc) is 3.09. The van der Waals surface area contributed by atoms with Crippen LogP contribution in [0.3, 0.4) is 0 Å². The van der Waals surface area contributed by atoms with Crippen LogP contribution < -0.4 is 15.5 Å². The van der Waals surface area contributed by atoms with Gasteiger partial charge in [0.1, 0.15) is 5.82 Å². The van der Waals surface area contributed by atoms with E-state index >= 15 is 0 Å². The molecule has 0 unspecified atom stereocenters. The molecule has 2 amide bonds. The van der Waals surface area contributed by atoms with Crippen LogP contribution in [0.15, 0.2) is 24.3 Å². The molecule has 150 valence electrons. The number of rotatable bonds is 6. The molecule has 2 saturated heterocycles. The molecular formula is C21H33FN4O. The van der Waals surface area contributed by atoms with Crippen molar-refractivity contribution in [3.8, 4) is 0 Å². The van der Waals surface area contributed by atoms with E-state index < -0.39 is 0 Å². The number of piperidine rings is 1. The van der Waals surface area contributed by atoms with Gasteiger partial charge in [-0.2, -0.15) is 0 Å². The van der Waals surface area contributed by atoms with Crippen molar-refractivity contribution in [1.82, 2.24) is 15.5 Å². The zero-order chi connectivity index (χ0) is 19.2. The largest absolute Gasteiger partial charge is 0.371 e.